The molecule has 0 N–H and O–H groups in total. The number of hydrogen-bond acceptors (Lipinski definition) is 6. The van der Waals surface area contributed by atoms with Crippen molar-refractivity contribution >= 4 is 5.69 Å². The first kappa shape index (κ1) is 21.3. The number of aryl methyl sites for hydroxylation is 1. The molecule has 0 bridgehead atoms. The summed E-state index contributed by atoms with van der Waals surface area (Å²) in [7, 11) is 2.18. The minimum absolute atomic E-state index is 0.694. The molecule has 1 fully saturated rings. The van der Waals surface area contributed by atoms with Crippen molar-refractivity contribution in [3.63, 3.8) is 0 Å². The van der Waals surface area contributed by atoms with Crippen molar-refractivity contribution in [2.75, 3.05) is 38.1 Å². The van der Waals surface area contributed by atoms with Crippen LogP contribution in [0.5, 0.6) is 0 Å². The molecule has 5 rings (SSSR count). The zero-order valence-corrected chi connectivity index (χ0v) is 19.2. The molecule has 7 heteroatoms. The maximum atomic E-state index is 4.92. The van der Waals surface area contributed by atoms with Crippen LogP contribution in [0.15, 0.2) is 67.3 Å². The number of rotatable bonds is 6. The molecule has 4 aromatic rings. The molecule has 0 amide bonds. The van der Waals surface area contributed by atoms with Crippen LogP contribution in [-0.2, 0) is 13.0 Å². The number of benzene rings is 1. The Hall–Kier alpha value is -3.58. The van der Waals surface area contributed by atoms with E-state index in [1.165, 1.54) is 11.3 Å². The van der Waals surface area contributed by atoms with Gasteiger partial charge >= 0.3 is 0 Å². The first-order chi connectivity index (χ1) is 16.2. The fraction of sp³-hybridized carbons (Fsp3) is 0.308. The molecule has 0 atom stereocenters. The number of anilines is 1. The smallest absolute Gasteiger partial charge is 0.133 e. The Morgan fingerprint density at radius 3 is 2.64 bits per heavy atom. The predicted molar refractivity (Wildman–Crippen MR) is 131 cm³/mol. The zero-order chi connectivity index (χ0) is 22.6. The van der Waals surface area contributed by atoms with Crippen molar-refractivity contribution in [1.29, 1.82) is 0 Å². The van der Waals surface area contributed by atoms with E-state index < -0.39 is 0 Å². The van der Waals surface area contributed by atoms with Crippen LogP contribution in [0.4, 0.5) is 5.69 Å². The van der Waals surface area contributed by atoms with Crippen LogP contribution in [0.3, 0.4) is 0 Å². The molecular weight excluding hydrogens is 410 g/mol. The van der Waals surface area contributed by atoms with Gasteiger partial charge in [0, 0.05) is 80.7 Å². The largest absolute Gasteiger partial charge is 0.369 e. The second kappa shape index (κ2) is 9.50. The van der Waals surface area contributed by atoms with Gasteiger partial charge in [0.2, 0.25) is 0 Å². The molecule has 168 valence electrons. The van der Waals surface area contributed by atoms with Crippen molar-refractivity contribution in [3.8, 4) is 22.5 Å². The third-order valence-electron chi connectivity index (χ3n) is 6.14. The van der Waals surface area contributed by atoms with Crippen LogP contribution in [0.25, 0.3) is 22.5 Å². The fourth-order valence-corrected chi connectivity index (χ4v) is 4.23. The van der Waals surface area contributed by atoms with E-state index in [4.69, 9.17) is 10.1 Å². The van der Waals surface area contributed by atoms with Gasteiger partial charge < -0.3 is 9.80 Å². The Labute approximate surface area is 194 Å². The number of hydrogen-bond donors (Lipinski definition) is 0. The lowest BCUT2D eigenvalue weighted by atomic mass is 10.1. The van der Waals surface area contributed by atoms with Gasteiger partial charge in [-0.2, -0.15) is 5.10 Å². The summed E-state index contributed by atoms with van der Waals surface area (Å²) in [6, 6.07) is 14.7. The Balaban J connectivity index is 1.41. The van der Waals surface area contributed by atoms with Crippen LogP contribution in [0, 0.1) is 0 Å². The summed E-state index contributed by atoms with van der Waals surface area (Å²) < 4.78 is 1.94. The Morgan fingerprint density at radius 2 is 1.85 bits per heavy atom. The summed E-state index contributed by atoms with van der Waals surface area (Å²) in [6.07, 6.45) is 8.22. The zero-order valence-electron chi connectivity index (χ0n) is 19.2. The molecule has 33 heavy (non-hydrogen) atoms. The van der Waals surface area contributed by atoms with E-state index in [0.29, 0.717) is 6.42 Å². The third-order valence-corrected chi connectivity index (χ3v) is 6.14. The summed E-state index contributed by atoms with van der Waals surface area (Å²) in [5.74, 6) is 0.810. The molecule has 0 saturated carbocycles. The summed E-state index contributed by atoms with van der Waals surface area (Å²) in [5, 5.41) is 4.76. The molecule has 1 aliphatic heterocycles. The number of likely N-dealkylation sites (N-methyl/N-ethyl adjacent to an activating group) is 1. The van der Waals surface area contributed by atoms with Crippen LogP contribution in [0.1, 0.15) is 18.3 Å². The first-order valence-electron chi connectivity index (χ1n) is 11.5. The predicted octanol–water partition coefficient (Wildman–Crippen LogP) is 3.76. The second-order valence-corrected chi connectivity index (χ2v) is 8.48. The lowest BCUT2D eigenvalue weighted by Crippen LogP contribution is -2.44. The first-order valence-corrected chi connectivity index (χ1v) is 11.5. The van der Waals surface area contributed by atoms with Gasteiger partial charge in [-0.25, -0.2) is 9.97 Å². The maximum Gasteiger partial charge on any atom is 0.133 e. The van der Waals surface area contributed by atoms with Crippen molar-refractivity contribution in [2.24, 2.45) is 0 Å². The average Bonchev–Trinajstić information content (AvgIpc) is 3.30. The van der Waals surface area contributed by atoms with Gasteiger partial charge in [0.1, 0.15) is 11.5 Å². The molecule has 1 saturated heterocycles. The van der Waals surface area contributed by atoms with E-state index in [-0.39, 0.29) is 0 Å². The number of nitrogens with zero attached hydrogens (tertiary/aromatic N) is 7. The van der Waals surface area contributed by atoms with Crippen LogP contribution < -0.4 is 4.90 Å². The number of aromatic nitrogens is 5. The highest BCUT2D eigenvalue weighted by Crippen LogP contribution is 2.29. The van der Waals surface area contributed by atoms with Crippen LogP contribution in [0.2, 0.25) is 0 Å². The Kier molecular flexibility index (Phi) is 6.13. The molecule has 7 nitrogen and oxygen atoms in total. The van der Waals surface area contributed by atoms with Gasteiger partial charge in [-0.15, -0.1) is 0 Å². The summed E-state index contributed by atoms with van der Waals surface area (Å²) in [4.78, 5) is 18.6. The van der Waals surface area contributed by atoms with Gasteiger partial charge in [0.25, 0.3) is 0 Å². The standard InChI is InChI=1S/C26H29N7/c1-3-33-19-23(26(30-33)21-7-5-10-27-18-21)24-9-11-28-25(29-24)17-20-6-4-8-22(16-20)32-14-12-31(2)13-15-32/h4-11,16,18-19H,3,12-15,17H2,1-2H3. The van der Waals surface area contributed by atoms with Crippen molar-refractivity contribution in [3.05, 3.63) is 78.6 Å². The van der Waals surface area contributed by atoms with E-state index in [2.05, 4.69) is 64.2 Å². The molecule has 3 aromatic heterocycles. The second-order valence-electron chi connectivity index (χ2n) is 8.48. The monoisotopic (exact) mass is 439 g/mol. The highest BCUT2D eigenvalue weighted by molar-refractivity contribution is 5.78. The van der Waals surface area contributed by atoms with Gasteiger partial charge in [-0.3, -0.25) is 9.67 Å². The SMILES string of the molecule is CCn1cc(-c2ccnc(Cc3cccc(N4CCN(C)CC4)c3)n2)c(-c2cccnc2)n1. The average molecular weight is 440 g/mol. The summed E-state index contributed by atoms with van der Waals surface area (Å²) >= 11 is 0. The lowest BCUT2D eigenvalue weighted by molar-refractivity contribution is 0.313. The van der Waals surface area contributed by atoms with E-state index in [1.54, 1.807) is 6.20 Å². The van der Waals surface area contributed by atoms with E-state index in [9.17, 15) is 0 Å². The quantitative estimate of drug-likeness (QED) is 0.456. The summed E-state index contributed by atoms with van der Waals surface area (Å²) in [6.45, 7) is 7.20. The normalized spacial score (nSPS) is 14.5. The minimum atomic E-state index is 0.694. The number of piperazine rings is 1. The topological polar surface area (TPSA) is 63.0 Å². The lowest BCUT2D eigenvalue weighted by Gasteiger charge is -2.34. The Bertz CT molecular complexity index is 1210. The molecular formula is C26H29N7. The van der Waals surface area contributed by atoms with Crippen molar-refractivity contribution in [2.45, 2.75) is 19.9 Å². The maximum absolute atomic E-state index is 4.92. The highest BCUT2D eigenvalue weighted by Gasteiger charge is 2.16. The van der Waals surface area contributed by atoms with E-state index in [1.807, 2.05) is 35.3 Å². The van der Waals surface area contributed by atoms with Gasteiger partial charge in [0.15, 0.2) is 0 Å². The molecule has 0 aliphatic carbocycles. The van der Waals surface area contributed by atoms with Gasteiger partial charge in [-0.1, -0.05) is 12.1 Å². The molecule has 1 aliphatic rings. The number of pyridine rings is 1. The van der Waals surface area contributed by atoms with E-state index in [0.717, 1.165) is 61.1 Å². The molecule has 0 spiro atoms. The molecule has 4 heterocycles. The van der Waals surface area contributed by atoms with E-state index >= 15 is 0 Å². The van der Waals surface area contributed by atoms with Gasteiger partial charge in [0.05, 0.1) is 5.69 Å². The van der Waals surface area contributed by atoms with Gasteiger partial charge in [-0.05, 0) is 49.9 Å². The highest BCUT2D eigenvalue weighted by atomic mass is 15.3. The minimum Gasteiger partial charge on any atom is -0.369 e. The Morgan fingerprint density at radius 1 is 0.970 bits per heavy atom. The van der Waals surface area contributed by atoms with Crippen LogP contribution in [-0.4, -0.2) is 62.9 Å². The third kappa shape index (κ3) is 4.78. The van der Waals surface area contributed by atoms with Crippen LogP contribution >= 0.6 is 0 Å². The molecule has 0 unspecified atom stereocenters. The fourth-order valence-electron chi connectivity index (χ4n) is 4.23. The molecule has 0 radical (unpaired) electrons. The summed E-state index contributed by atoms with van der Waals surface area (Å²) in [5.41, 5.74) is 6.26. The molecule has 1 aromatic carbocycles. The van der Waals surface area contributed by atoms with Crippen molar-refractivity contribution < 1.29 is 0 Å². The van der Waals surface area contributed by atoms with Crippen molar-refractivity contribution in [1.82, 2.24) is 29.6 Å².